The van der Waals surface area contributed by atoms with Crippen LogP contribution in [0, 0.1) is 5.92 Å². The molecule has 0 radical (unpaired) electrons. The largest absolute Gasteiger partial charge is 0.271 e. The van der Waals surface area contributed by atoms with Crippen molar-refractivity contribution in [2.45, 2.75) is 96.4 Å². The van der Waals surface area contributed by atoms with Crippen molar-refractivity contribution in [1.29, 1.82) is 0 Å². The third kappa shape index (κ3) is 7.38. The number of hydrogen-bond donors (Lipinski definition) is 2. The zero-order valence-corrected chi connectivity index (χ0v) is 12.4. The van der Waals surface area contributed by atoms with E-state index in [-0.39, 0.29) is 0 Å². The van der Waals surface area contributed by atoms with Crippen molar-refractivity contribution in [3.05, 3.63) is 0 Å². The number of hydrogen-bond acceptors (Lipinski definition) is 2. The molecule has 0 bridgehead atoms. The molecule has 0 aromatic rings. The molecule has 0 aromatic heterocycles. The summed E-state index contributed by atoms with van der Waals surface area (Å²) in [4.78, 5) is 0. The zero-order chi connectivity index (χ0) is 13.1. The van der Waals surface area contributed by atoms with Gasteiger partial charge in [-0.1, -0.05) is 77.6 Å². The Hall–Kier alpha value is -0.0800. The first-order valence-corrected chi connectivity index (χ1v) is 8.33. The molecule has 1 saturated carbocycles. The average Bonchev–Trinajstić information content (AvgIpc) is 2.89. The summed E-state index contributed by atoms with van der Waals surface area (Å²) in [6.45, 7) is 2.28. The standard InChI is InChI=1S/C16H34N2/c1-2-3-4-5-6-7-8-13-16(18-17)14-15-11-9-10-12-15/h15-16,18H,2-14,17H2,1H3. The highest BCUT2D eigenvalue weighted by atomic mass is 15.2. The van der Waals surface area contributed by atoms with E-state index in [0.29, 0.717) is 6.04 Å². The van der Waals surface area contributed by atoms with Crippen molar-refractivity contribution >= 4 is 0 Å². The van der Waals surface area contributed by atoms with Gasteiger partial charge in [-0.3, -0.25) is 11.3 Å². The third-order valence-corrected chi connectivity index (χ3v) is 4.48. The topological polar surface area (TPSA) is 38.0 Å². The molecule has 0 aromatic carbocycles. The summed E-state index contributed by atoms with van der Waals surface area (Å²) >= 11 is 0. The van der Waals surface area contributed by atoms with Gasteiger partial charge in [0.25, 0.3) is 0 Å². The summed E-state index contributed by atoms with van der Waals surface area (Å²) in [5.74, 6) is 6.64. The summed E-state index contributed by atoms with van der Waals surface area (Å²) in [5, 5.41) is 0. The van der Waals surface area contributed by atoms with Gasteiger partial charge in [0.15, 0.2) is 0 Å². The lowest BCUT2D eigenvalue weighted by Gasteiger charge is -2.19. The lowest BCUT2D eigenvalue weighted by molar-refractivity contribution is 0.364. The highest BCUT2D eigenvalue weighted by Crippen LogP contribution is 2.29. The monoisotopic (exact) mass is 254 g/mol. The van der Waals surface area contributed by atoms with Crippen LogP contribution in [-0.2, 0) is 0 Å². The maximum absolute atomic E-state index is 5.68. The van der Waals surface area contributed by atoms with Crippen molar-refractivity contribution in [2.75, 3.05) is 0 Å². The Kier molecular flexibility index (Phi) is 9.59. The Morgan fingerprint density at radius 3 is 2.22 bits per heavy atom. The van der Waals surface area contributed by atoms with Gasteiger partial charge in [-0.2, -0.15) is 0 Å². The maximum Gasteiger partial charge on any atom is 0.0213 e. The Labute approximate surface area is 114 Å². The van der Waals surface area contributed by atoms with E-state index in [1.807, 2.05) is 0 Å². The molecule has 108 valence electrons. The van der Waals surface area contributed by atoms with Gasteiger partial charge in [-0.05, 0) is 18.8 Å². The normalized spacial score (nSPS) is 18.3. The molecule has 1 rings (SSSR count). The first kappa shape index (κ1) is 16.0. The Morgan fingerprint density at radius 2 is 1.61 bits per heavy atom. The van der Waals surface area contributed by atoms with Crippen LogP contribution in [0.4, 0.5) is 0 Å². The molecule has 1 aliphatic rings. The van der Waals surface area contributed by atoms with Crippen LogP contribution in [0.25, 0.3) is 0 Å². The van der Waals surface area contributed by atoms with E-state index >= 15 is 0 Å². The lowest BCUT2D eigenvalue weighted by Crippen LogP contribution is -2.36. The minimum atomic E-state index is 0.573. The Balaban J connectivity index is 1.94. The van der Waals surface area contributed by atoms with E-state index in [1.54, 1.807) is 0 Å². The van der Waals surface area contributed by atoms with Gasteiger partial charge < -0.3 is 0 Å². The fourth-order valence-electron chi connectivity index (χ4n) is 3.27. The van der Waals surface area contributed by atoms with Crippen molar-refractivity contribution in [1.82, 2.24) is 5.43 Å². The summed E-state index contributed by atoms with van der Waals surface area (Å²) in [5.41, 5.74) is 3.04. The van der Waals surface area contributed by atoms with Crippen molar-refractivity contribution in [3.8, 4) is 0 Å². The summed E-state index contributed by atoms with van der Waals surface area (Å²) in [6.07, 6.45) is 18.1. The first-order valence-electron chi connectivity index (χ1n) is 8.33. The molecule has 0 spiro atoms. The van der Waals surface area contributed by atoms with Gasteiger partial charge in [0.2, 0.25) is 0 Å². The number of nitrogens with one attached hydrogen (secondary N) is 1. The van der Waals surface area contributed by atoms with Crippen LogP contribution in [-0.4, -0.2) is 6.04 Å². The highest BCUT2D eigenvalue weighted by Gasteiger charge is 2.19. The predicted octanol–water partition coefficient (Wildman–Crippen LogP) is 4.54. The molecule has 0 aliphatic heterocycles. The molecule has 2 nitrogen and oxygen atoms in total. The van der Waals surface area contributed by atoms with Crippen LogP contribution in [0.3, 0.4) is 0 Å². The minimum absolute atomic E-state index is 0.573. The predicted molar refractivity (Wildman–Crippen MR) is 80.3 cm³/mol. The van der Waals surface area contributed by atoms with E-state index in [4.69, 9.17) is 5.84 Å². The van der Waals surface area contributed by atoms with Crippen molar-refractivity contribution in [2.24, 2.45) is 11.8 Å². The fraction of sp³-hybridized carbons (Fsp3) is 1.00. The highest BCUT2D eigenvalue weighted by molar-refractivity contribution is 4.74. The van der Waals surface area contributed by atoms with E-state index in [1.165, 1.54) is 83.5 Å². The van der Waals surface area contributed by atoms with Crippen LogP contribution in [0.1, 0.15) is 90.4 Å². The smallest absolute Gasteiger partial charge is 0.0213 e. The molecule has 0 amide bonds. The van der Waals surface area contributed by atoms with Crippen LogP contribution < -0.4 is 11.3 Å². The first-order chi connectivity index (χ1) is 8.86. The third-order valence-electron chi connectivity index (χ3n) is 4.48. The van der Waals surface area contributed by atoms with Gasteiger partial charge in [0, 0.05) is 6.04 Å². The number of rotatable bonds is 11. The van der Waals surface area contributed by atoms with Gasteiger partial charge in [0.05, 0.1) is 0 Å². The SMILES string of the molecule is CCCCCCCCCC(CC1CCCC1)NN. The summed E-state index contributed by atoms with van der Waals surface area (Å²) in [7, 11) is 0. The maximum atomic E-state index is 5.68. The molecule has 1 fully saturated rings. The van der Waals surface area contributed by atoms with Crippen LogP contribution in [0.5, 0.6) is 0 Å². The van der Waals surface area contributed by atoms with Crippen LogP contribution >= 0.6 is 0 Å². The van der Waals surface area contributed by atoms with Gasteiger partial charge >= 0.3 is 0 Å². The molecular weight excluding hydrogens is 220 g/mol. The number of hydrazine groups is 1. The van der Waals surface area contributed by atoms with Crippen molar-refractivity contribution in [3.63, 3.8) is 0 Å². The van der Waals surface area contributed by atoms with Gasteiger partial charge in [0.1, 0.15) is 0 Å². The Morgan fingerprint density at radius 1 is 1.00 bits per heavy atom. The second-order valence-corrected chi connectivity index (χ2v) is 6.16. The number of nitrogens with two attached hydrogens (primary N) is 1. The molecule has 1 unspecified atom stereocenters. The molecular formula is C16H34N2. The van der Waals surface area contributed by atoms with E-state index in [0.717, 1.165) is 5.92 Å². The molecule has 18 heavy (non-hydrogen) atoms. The molecule has 0 heterocycles. The van der Waals surface area contributed by atoms with Crippen LogP contribution in [0.15, 0.2) is 0 Å². The van der Waals surface area contributed by atoms with E-state index in [9.17, 15) is 0 Å². The molecule has 2 heteroatoms. The van der Waals surface area contributed by atoms with Gasteiger partial charge in [-0.25, -0.2) is 0 Å². The molecule has 3 N–H and O–H groups in total. The quantitative estimate of drug-likeness (QED) is 0.323. The Bertz CT molecular complexity index is 176. The second kappa shape index (κ2) is 10.8. The van der Waals surface area contributed by atoms with Crippen molar-refractivity contribution < 1.29 is 0 Å². The van der Waals surface area contributed by atoms with Gasteiger partial charge in [-0.15, -0.1) is 0 Å². The second-order valence-electron chi connectivity index (χ2n) is 6.16. The number of unbranched alkanes of at least 4 members (excludes halogenated alkanes) is 6. The van der Waals surface area contributed by atoms with E-state index < -0.39 is 0 Å². The lowest BCUT2D eigenvalue weighted by atomic mass is 9.95. The zero-order valence-electron chi connectivity index (χ0n) is 12.4. The van der Waals surface area contributed by atoms with Crippen LogP contribution in [0.2, 0.25) is 0 Å². The molecule has 0 saturated heterocycles. The molecule has 1 aliphatic carbocycles. The van der Waals surface area contributed by atoms with E-state index in [2.05, 4.69) is 12.3 Å². The molecule has 1 atom stereocenters. The summed E-state index contributed by atoms with van der Waals surface area (Å²) in [6, 6.07) is 0.573. The summed E-state index contributed by atoms with van der Waals surface area (Å²) < 4.78 is 0. The minimum Gasteiger partial charge on any atom is -0.271 e. The fourth-order valence-corrected chi connectivity index (χ4v) is 3.27. The average molecular weight is 254 g/mol.